The van der Waals surface area contributed by atoms with Gasteiger partial charge in [-0.3, -0.25) is 4.79 Å². The van der Waals surface area contributed by atoms with Crippen LogP contribution < -0.4 is 10.2 Å². The molecular weight excluding hydrogens is 248 g/mol. The number of aliphatic carboxylic acids is 1. The normalized spacial score (nSPS) is 11.7. The molecule has 1 aromatic carbocycles. The second-order valence-electron chi connectivity index (χ2n) is 4.34. The third-order valence-electron chi connectivity index (χ3n) is 2.63. The van der Waals surface area contributed by atoms with Crippen LogP contribution in [0.15, 0.2) is 24.3 Å². The first-order chi connectivity index (χ1) is 8.91. The van der Waals surface area contributed by atoms with Crippen molar-refractivity contribution in [2.24, 2.45) is 0 Å². The molecule has 0 spiro atoms. The summed E-state index contributed by atoms with van der Waals surface area (Å²) in [4.78, 5) is 24.0. The highest BCUT2D eigenvalue weighted by atomic mass is 16.4. The smallest absolute Gasteiger partial charge is 0.332 e. The number of anilines is 1. The van der Waals surface area contributed by atoms with E-state index in [1.54, 1.807) is 12.1 Å². The molecule has 0 aliphatic rings. The lowest BCUT2D eigenvalue weighted by atomic mass is 10.2. The Morgan fingerprint density at radius 1 is 1.26 bits per heavy atom. The second kappa shape index (κ2) is 6.75. The fraction of sp³-hybridized carbons (Fsp3) is 0.385. The third kappa shape index (κ3) is 4.59. The van der Waals surface area contributed by atoms with Gasteiger partial charge in [-0.15, -0.1) is 0 Å². The van der Waals surface area contributed by atoms with E-state index < -0.39 is 12.1 Å². The number of benzene rings is 1. The minimum absolute atomic E-state index is 0.0170. The number of hydrogen-bond acceptors (Lipinski definition) is 4. The van der Waals surface area contributed by atoms with Crippen LogP contribution >= 0.6 is 0 Å². The maximum atomic E-state index is 11.7. The van der Waals surface area contributed by atoms with Gasteiger partial charge in [0.2, 0.25) is 0 Å². The van der Waals surface area contributed by atoms with Gasteiger partial charge < -0.3 is 20.4 Å². The van der Waals surface area contributed by atoms with Gasteiger partial charge in [0.1, 0.15) is 0 Å². The van der Waals surface area contributed by atoms with E-state index in [9.17, 15) is 9.59 Å². The first kappa shape index (κ1) is 15.0. The molecule has 0 aliphatic carbocycles. The predicted molar refractivity (Wildman–Crippen MR) is 71.4 cm³/mol. The van der Waals surface area contributed by atoms with Gasteiger partial charge in [0, 0.05) is 38.3 Å². The van der Waals surface area contributed by atoms with Crippen LogP contribution in [0.2, 0.25) is 0 Å². The van der Waals surface area contributed by atoms with E-state index in [1.807, 2.05) is 31.1 Å². The SMILES string of the molecule is CN(C)c1ccc(C(=O)NCC[C@H](O)C(=O)O)cc1. The van der Waals surface area contributed by atoms with Crippen molar-refractivity contribution >= 4 is 17.6 Å². The molecular formula is C13H18N2O4. The summed E-state index contributed by atoms with van der Waals surface area (Å²) in [6, 6.07) is 7.03. The molecule has 1 aromatic rings. The van der Waals surface area contributed by atoms with Crippen LogP contribution in [-0.2, 0) is 4.79 Å². The van der Waals surface area contributed by atoms with Crippen LogP contribution in [0.1, 0.15) is 16.8 Å². The van der Waals surface area contributed by atoms with Crippen LogP contribution in [0.25, 0.3) is 0 Å². The minimum atomic E-state index is -1.45. The molecule has 0 radical (unpaired) electrons. The molecule has 0 heterocycles. The number of carbonyl (C=O) groups excluding carboxylic acids is 1. The number of aliphatic hydroxyl groups is 1. The predicted octanol–water partition coefficient (Wildman–Crippen LogP) is 0.318. The molecule has 6 heteroatoms. The first-order valence-electron chi connectivity index (χ1n) is 5.88. The molecule has 104 valence electrons. The van der Waals surface area contributed by atoms with Crippen LogP contribution in [0, 0.1) is 0 Å². The summed E-state index contributed by atoms with van der Waals surface area (Å²) in [5.41, 5.74) is 1.48. The number of nitrogens with zero attached hydrogens (tertiary/aromatic N) is 1. The number of hydrogen-bond donors (Lipinski definition) is 3. The topological polar surface area (TPSA) is 89.9 Å². The zero-order valence-electron chi connectivity index (χ0n) is 11.0. The third-order valence-corrected chi connectivity index (χ3v) is 2.63. The summed E-state index contributed by atoms with van der Waals surface area (Å²) in [5, 5.41) is 20.1. The van der Waals surface area contributed by atoms with Crippen LogP contribution in [0.5, 0.6) is 0 Å². The van der Waals surface area contributed by atoms with Gasteiger partial charge in [0.25, 0.3) is 5.91 Å². The van der Waals surface area contributed by atoms with Crippen molar-refractivity contribution in [2.75, 3.05) is 25.5 Å². The number of amides is 1. The molecule has 0 unspecified atom stereocenters. The van der Waals surface area contributed by atoms with Crippen LogP contribution in [-0.4, -0.2) is 48.8 Å². The Hall–Kier alpha value is -2.08. The van der Waals surface area contributed by atoms with Crippen molar-refractivity contribution in [1.29, 1.82) is 0 Å². The fourth-order valence-electron chi connectivity index (χ4n) is 1.46. The summed E-state index contributed by atoms with van der Waals surface area (Å²) in [6.45, 7) is 0.113. The number of rotatable bonds is 6. The molecule has 0 bridgehead atoms. The summed E-state index contributed by atoms with van der Waals surface area (Å²) < 4.78 is 0. The Balaban J connectivity index is 2.47. The highest BCUT2D eigenvalue weighted by Gasteiger charge is 2.13. The largest absolute Gasteiger partial charge is 0.479 e. The molecule has 1 amide bonds. The summed E-state index contributed by atoms with van der Waals surface area (Å²) in [7, 11) is 3.81. The van der Waals surface area contributed by atoms with Gasteiger partial charge in [-0.25, -0.2) is 4.79 Å². The molecule has 0 aliphatic heterocycles. The zero-order chi connectivity index (χ0) is 14.4. The van der Waals surface area contributed by atoms with Crippen molar-refractivity contribution in [1.82, 2.24) is 5.32 Å². The van der Waals surface area contributed by atoms with Crippen LogP contribution in [0.4, 0.5) is 5.69 Å². The molecule has 1 atom stereocenters. The van der Waals surface area contributed by atoms with Crippen LogP contribution in [0.3, 0.4) is 0 Å². The van der Waals surface area contributed by atoms with Gasteiger partial charge in [0.05, 0.1) is 0 Å². The van der Waals surface area contributed by atoms with E-state index in [-0.39, 0.29) is 18.9 Å². The van der Waals surface area contributed by atoms with Crippen molar-refractivity contribution in [2.45, 2.75) is 12.5 Å². The van der Waals surface area contributed by atoms with Crippen molar-refractivity contribution in [3.63, 3.8) is 0 Å². The Bertz CT molecular complexity index is 442. The van der Waals surface area contributed by atoms with E-state index in [1.165, 1.54) is 0 Å². The first-order valence-corrected chi connectivity index (χ1v) is 5.88. The Kier molecular flexibility index (Phi) is 5.32. The maximum Gasteiger partial charge on any atom is 0.332 e. The number of carboxylic acid groups (broad SMARTS) is 1. The van der Waals surface area contributed by atoms with Crippen molar-refractivity contribution in [3.8, 4) is 0 Å². The summed E-state index contributed by atoms with van der Waals surface area (Å²) in [6.07, 6.45) is -1.46. The average molecular weight is 266 g/mol. The monoisotopic (exact) mass is 266 g/mol. The van der Waals surface area contributed by atoms with Crippen molar-refractivity contribution in [3.05, 3.63) is 29.8 Å². The van der Waals surface area contributed by atoms with E-state index in [4.69, 9.17) is 10.2 Å². The van der Waals surface area contributed by atoms with E-state index >= 15 is 0 Å². The fourth-order valence-corrected chi connectivity index (χ4v) is 1.46. The highest BCUT2D eigenvalue weighted by molar-refractivity contribution is 5.94. The van der Waals surface area contributed by atoms with E-state index in [0.29, 0.717) is 5.56 Å². The molecule has 19 heavy (non-hydrogen) atoms. The zero-order valence-corrected chi connectivity index (χ0v) is 11.0. The van der Waals surface area contributed by atoms with E-state index in [0.717, 1.165) is 5.69 Å². The summed E-state index contributed by atoms with van der Waals surface area (Å²) >= 11 is 0. The van der Waals surface area contributed by atoms with Gasteiger partial charge in [-0.2, -0.15) is 0 Å². The lowest BCUT2D eigenvalue weighted by Gasteiger charge is -2.12. The van der Waals surface area contributed by atoms with Crippen molar-refractivity contribution < 1.29 is 19.8 Å². The van der Waals surface area contributed by atoms with Gasteiger partial charge in [-0.05, 0) is 24.3 Å². The second-order valence-corrected chi connectivity index (χ2v) is 4.34. The molecule has 3 N–H and O–H groups in total. The molecule has 0 fully saturated rings. The van der Waals surface area contributed by atoms with Gasteiger partial charge in [0.15, 0.2) is 6.10 Å². The lowest BCUT2D eigenvalue weighted by Crippen LogP contribution is -2.30. The molecule has 1 rings (SSSR count). The standard InChI is InChI=1S/C13H18N2O4/c1-15(2)10-5-3-9(4-6-10)12(17)14-8-7-11(16)13(18)19/h3-6,11,16H,7-8H2,1-2H3,(H,14,17)(H,18,19)/t11-/m0/s1. The maximum absolute atomic E-state index is 11.7. The Morgan fingerprint density at radius 3 is 2.32 bits per heavy atom. The Morgan fingerprint density at radius 2 is 1.84 bits per heavy atom. The lowest BCUT2D eigenvalue weighted by molar-refractivity contribution is -0.146. The quantitative estimate of drug-likeness (QED) is 0.690. The number of aliphatic hydroxyl groups excluding tert-OH is 1. The van der Waals surface area contributed by atoms with Gasteiger partial charge >= 0.3 is 5.97 Å². The molecule has 6 nitrogen and oxygen atoms in total. The summed E-state index contributed by atoms with van der Waals surface area (Å²) in [5.74, 6) is -1.58. The Labute approximate surface area is 111 Å². The molecule has 0 saturated carbocycles. The number of carbonyl (C=O) groups is 2. The van der Waals surface area contributed by atoms with Gasteiger partial charge in [-0.1, -0.05) is 0 Å². The van der Waals surface area contributed by atoms with E-state index in [2.05, 4.69) is 5.32 Å². The number of nitrogens with one attached hydrogen (secondary N) is 1. The molecule has 0 saturated heterocycles. The highest BCUT2D eigenvalue weighted by Crippen LogP contribution is 2.12. The molecule has 0 aromatic heterocycles. The minimum Gasteiger partial charge on any atom is -0.479 e. The number of carboxylic acids is 1. The average Bonchev–Trinajstić information content (AvgIpc) is 2.38.